The molecule has 0 heteroatoms. The Bertz CT molecular complexity index is 1450. The van der Waals surface area contributed by atoms with E-state index in [0.29, 0.717) is 0 Å². The lowest BCUT2D eigenvalue weighted by Gasteiger charge is -2.18. The highest BCUT2D eigenvalue weighted by Gasteiger charge is 2.15. The van der Waals surface area contributed by atoms with Crippen molar-refractivity contribution in [1.82, 2.24) is 0 Å². The summed E-state index contributed by atoms with van der Waals surface area (Å²) in [5.41, 5.74) is 8.45. The van der Waals surface area contributed by atoms with Gasteiger partial charge in [0.2, 0.25) is 0 Å². The Morgan fingerprint density at radius 1 is 0.548 bits per heavy atom. The second-order valence-corrected chi connectivity index (χ2v) is 7.92. The molecule has 0 amide bonds. The first-order valence-electron chi connectivity index (χ1n) is 10.6. The van der Waals surface area contributed by atoms with Crippen molar-refractivity contribution in [2.45, 2.75) is 6.92 Å². The standard InChI is InChI=1S/C31H24/c1-4-27-21(3)29-13-9-10-14-30(29)31(28(27)5-2)26-18-17-24-19-23(15-16-25(24)20-26)22-11-7-6-8-12-22/h4-20H,1-2H2,3H3. The second kappa shape index (κ2) is 7.74. The van der Waals surface area contributed by atoms with Crippen LogP contribution in [-0.2, 0) is 0 Å². The van der Waals surface area contributed by atoms with E-state index in [1.165, 1.54) is 49.4 Å². The van der Waals surface area contributed by atoms with Gasteiger partial charge in [-0.05, 0) is 79.5 Å². The molecule has 0 fully saturated rings. The molecular formula is C31H24. The van der Waals surface area contributed by atoms with Crippen molar-refractivity contribution in [3.05, 3.63) is 121 Å². The van der Waals surface area contributed by atoms with E-state index in [-0.39, 0.29) is 0 Å². The molecule has 0 spiro atoms. The van der Waals surface area contributed by atoms with Crippen molar-refractivity contribution in [2.24, 2.45) is 0 Å². The maximum absolute atomic E-state index is 4.13. The molecule has 0 aromatic heterocycles. The molecular weight excluding hydrogens is 372 g/mol. The minimum Gasteiger partial charge on any atom is -0.0984 e. The highest BCUT2D eigenvalue weighted by Crippen LogP contribution is 2.39. The van der Waals surface area contributed by atoms with E-state index in [0.717, 1.165) is 11.1 Å². The fourth-order valence-corrected chi connectivity index (χ4v) is 4.65. The first-order chi connectivity index (χ1) is 15.2. The Balaban J connectivity index is 1.75. The van der Waals surface area contributed by atoms with E-state index in [9.17, 15) is 0 Å². The van der Waals surface area contributed by atoms with Gasteiger partial charge in [0, 0.05) is 0 Å². The Morgan fingerprint density at radius 3 is 1.81 bits per heavy atom. The number of aryl methyl sites for hydroxylation is 1. The number of benzene rings is 5. The van der Waals surface area contributed by atoms with Crippen molar-refractivity contribution in [3.8, 4) is 22.3 Å². The van der Waals surface area contributed by atoms with E-state index in [2.05, 4.69) is 111 Å². The molecule has 31 heavy (non-hydrogen) atoms. The molecule has 0 aliphatic rings. The quantitative estimate of drug-likeness (QED) is 0.284. The fourth-order valence-electron chi connectivity index (χ4n) is 4.65. The monoisotopic (exact) mass is 396 g/mol. The number of fused-ring (bicyclic) bond motifs is 2. The minimum absolute atomic E-state index is 1.14. The van der Waals surface area contributed by atoms with Gasteiger partial charge in [0.25, 0.3) is 0 Å². The summed E-state index contributed by atoms with van der Waals surface area (Å²) in [6.07, 6.45) is 3.92. The predicted octanol–water partition coefficient (Wildman–Crippen LogP) is 8.92. The largest absolute Gasteiger partial charge is 0.0984 e. The first-order valence-corrected chi connectivity index (χ1v) is 10.6. The molecule has 0 unspecified atom stereocenters. The zero-order chi connectivity index (χ0) is 21.4. The zero-order valence-electron chi connectivity index (χ0n) is 17.7. The van der Waals surface area contributed by atoms with Gasteiger partial charge in [-0.3, -0.25) is 0 Å². The van der Waals surface area contributed by atoms with Crippen LogP contribution in [0, 0.1) is 6.92 Å². The normalized spacial score (nSPS) is 11.0. The lowest BCUT2D eigenvalue weighted by atomic mass is 9.85. The van der Waals surface area contributed by atoms with Crippen LogP contribution in [0.3, 0.4) is 0 Å². The third kappa shape index (κ3) is 3.17. The van der Waals surface area contributed by atoms with Crippen molar-refractivity contribution < 1.29 is 0 Å². The average Bonchev–Trinajstić information content (AvgIpc) is 2.84. The van der Waals surface area contributed by atoms with Gasteiger partial charge in [-0.1, -0.05) is 104 Å². The van der Waals surface area contributed by atoms with Crippen LogP contribution in [0.5, 0.6) is 0 Å². The third-order valence-corrected chi connectivity index (χ3v) is 6.21. The lowest BCUT2D eigenvalue weighted by molar-refractivity contribution is 1.48. The Hall–Kier alpha value is -3.90. The van der Waals surface area contributed by atoms with Crippen LogP contribution in [0.25, 0.3) is 56.0 Å². The molecule has 0 radical (unpaired) electrons. The predicted molar refractivity (Wildman–Crippen MR) is 137 cm³/mol. The van der Waals surface area contributed by atoms with Gasteiger partial charge in [0.1, 0.15) is 0 Å². The molecule has 0 nitrogen and oxygen atoms in total. The summed E-state index contributed by atoms with van der Waals surface area (Å²) in [6.45, 7) is 10.4. The van der Waals surface area contributed by atoms with Gasteiger partial charge in [0.05, 0.1) is 0 Å². The minimum atomic E-state index is 1.14. The highest BCUT2D eigenvalue weighted by atomic mass is 14.2. The summed E-state index contributed by atoms with van der Waals surface area (Å²) in [5.74, 6) is 0. The van der Waals surface area contributed by atoms with Gasteiger partial charge >= 0.3 is 0 Å². The highest BCUT2D eigenvalue weighted by molar-refractivity contribution is 6.06. The lowest BCUT2D eigenvalue weighted by Crippen LogP contribution is -1.95. The summed E-state index contributed by atoms with van der Waals surface area (Å²) < 4.78 is 0. The van der Waals surface area contributed by atoms with Crippen LogP contribution in [0.4, 0.5) is 0 Å². The molecule has 5 aromatic rings. The molecule has 0 N–H and O–H groups in total. The van der Waals surface area contributed by atoms with Crippen molar-refractivity contribution in [2.75, 3.05) is 0 Å². The third-order valence-electron chi connectivity index (χ3n) is 6.21. The maximum atomic E-state index is 4.13. The molecule has 0 bridgehead atoms. The Morgan fingerprint density at radius 2 is 1.13 bits per heavy atom. The molecule has 148 valence electrons. The van der Waals surface area contributed by atoms with E-state index < -0.39 is 0 Å². The van der Waals surface area contributed by atoms with Crippen LogP contribution in [0.15, 0.2) is 104 Å². The van der Waals surface area contributed by atoms with E-state index in [1.807, 2.05) is 12.2 Å². The number of rotatable bonds is 4. The molecule has 0 aliphatic carbocycles. The number of hydrogen-bond acceptors (Lipinski definition) is 0. The van der Waals surface area contributed by atoms with E-state index in [4.69, 9.17) is 0 Å². The molecule has 0 heterocycles. The van der Waals surface area contributed by atoms with Crippen molar-refractivity contribution >= 4 is 33.7 Å². The smallest absolute Gasteiger partial charge is 0.00266 e. The summed E-state index contributed by atoms with van der Waals surface area (Å²) >= 11 is 0. The summed E-state index contributed by atoms with van der Waals surface area (Å²) in [6, 6.07) is 32.6. The van der Waals surface area contributed by atoms with Gasteiger partial charge in [-0.25, -0.2) is 0 Å². The SMILES string of the molecule is C=Cc1c(C=C)c(-c2ccc3cc(-c4ccccc4)ccc3c2)c2ccccc2c1C. The fraction of sp³-hybridized carbons (Fsp3) is 0.0323. The number of hydrogen-bond donors (Lipinski definition) is 0. The molecule has 5 rings (SSSR count). The maximum Gasteiger partial charge on any atom is -0.00266 e. The molecule has 0 aliphatic heterocycles. The van der Waals surface area contributed by atoms with E-state index >= 15 is 0 Å². The van der Waals surface area contributed by atoms with Crippen molar-refractivity contribution in [3.63, 3.8) is 0 Å². The van der Waals surface area contributed by atoms with Crippen LogP contribution in [-0.4, -0.2) is 0 Å². The Labute approximate surface area is 183 Å². The van der Waals surface area contributed by atoms with Crippen molar-refractivity contribution in [1.29, 1.82) is 0 Å². The Kier molecular flexibility index (Phi) is 4.76. The first kappa shape index (κ1) is 19.1. The van der Waals surface area contributed by atoms with E-state index in [1.54, 1.807) is 0 Å². The van der Waals surface area contributed by atoms with Gasteiger partial charge < -0.3 is 0 Å². The van der Waals surface area contributed by atoms with Gasteiger partial charge in [-0.15, -0.1) is 0 Å². The summed E-state index contributed by atoms with van der Waals surface area (Å²) in [7, 11) is 0. The summed E-state index contributed by atoms with van der Waals surface area (Å²) in [4.78, 5) is 0. The van der Waals surface area contributed by atoms with Crippen LogP contribution in [0.2, 0.25) is 0 Å². The molecule has 0 atom stereocenters. The molecule has 5 aromatic carbocycles. The summed E-state index contributed by atoms with van der Waals surface area (Å²) in [5, 5.41) is 4.99. The second-order valence-electron chi connectivity index (χ2n) is 7.92. The molecule has 0 saturated heterocycles. The van der Waals surface area contributed by atoms with Crippen LogP contribution < -0.4 is 0 Å². The average molecular weight is 397 g/mol. The van der Waals surface area contributed by atoms with Gasteiger partial charge in [0.15, 0.2) is 0 Å². The topological polar surface area (TPSA) is 0 Å². The van der Waals surface area contributed by atoms with Gasteiger partial charge in [-0.2, -0.15) is 0 Å². The molecule has 0 saturated carbocycles. The van der Waals surface area contributed by atoms with Crippen LogP contribution >= 0.6 is 0 Å². The zero-order valence-corrected chi connectivity index (χ0v) is 17.7. The van der Waals surface area contributed by atoms with Crippen LogP contribution in [0.1, 0.15) is 16.7 Å².